The van der Waals surface area contributed by atoms with Gasteiger partial charge >= 0.3 is 0 Å². The molecule has 0 radical (unpaired) electrons. The van der Waals surface area contributed by atoms with Crippen LogP contribution in [0.5, 0.6) is 17.2 Å². The van der Waals surface area contributed by atoms with Gasteiger partial charge in [0.05, 0.1) is 21.3 Å². The van der Waals surface area contributed by atoms with Crippen LogP contribution in [-0.2, 0) is 0 Å². The molecule has 1 N–H and O–H groups in total. The molecule has 0 aromatic heterocycles. The van der Waals surface area contributed by atoms with Crippen LogP contribution in [0.25, 0.3) is 0 Å². The highest BCUT2D eigenvalue weighted by Gasteiger charge is 2.22. The summed E-state index contributed by atoms with van der Waals surface area (Å²) in [5, 5.41) is 3.38. The van der Waals surface area contributed by atoms with Gasteiger partial charge in [0.2, 0.25) is 5.75 Å². The summed E-state index contributed by atoms with van der Waals surface area (Å²) in [5.41, 5.74) is 1.40. The zero-order valence-corrected chi connectivity index (χ0v) is 14.4. The molecular weight excluding hydrogens is 266 g/mol. The van der Waals surface area contributed by atoms with E-state index in [1.165, 1.54) is 0 Å². The first-order valence-corrected chi connectivity index (χ1v) is 7.34. The van der Waals surface area contributed by atoms with E-state index in [0.29, 0.717) is 16.9 Å². The molecule has 1 aromatic carbocycles. The van der Waals surface area contributed by atoms with Crippen molar-refractivity contribution in [2.24, 2.45) is 5.41 Å². The fourth-order valence-electron chi connectivity index (χ4n) is 2.43. The third-order valence-corrected chi connectivity index (χ3v) is 3.64. The quantitative estimate of drug-likeness (QED) is 0.830. The van der Waals surface area contributed by atoms with Crippen molar-refractivity contribution < 1.29 is 14.2 Å². The van der Waals surface area contributed by atoms with E-state index in [1.807, 2.05) is 19.2 Å². The van der Waals surface area contributed by atoms with E-state index in [1.54, 1.807) is 21.3 Å². The van der Waals surface area contributed by atoms with Crippen LogP contribution in [0.1, 0.15) is 45.2 Å². The van der Waals surface area contributed by atoms with Gasteiger partial charge in [-0.25, -0.2) is 0 Å². The number of benzene rings is 1. The van der Waals surface area contributed by atoms with Gasteiger partial charge in [0.25, 0.3) is 0 Å². The highest BCUT2D eigenvalue weighted by molar-refractivity contribution is 5.56. The summed E-state index contributed by atoms with van der Waals surface area (Å²) in [4.78, 5) is 0. The van der Waals surface area contributed by atoms with Crippen molar-refractivity contribution in [2.45, 2.75) is 39.7 Å². The maximum absolute atomic E-state index is 5.58. The summed E-state index contributed by atoms with van der Waals surface area (Å²) in [7, 11) is 6.90. The van der Waals surface area contributed by atoms with Crippen LogP contribution in [0.2, 0.25) is 0 Å². The third-order valence-electron chi connectivity index (χ3n) is 3.64. The summed E-state index contributed by atoms with van der Waals surface area (Å²) in [6.07, 6.45) is 2.15. The lowest BCUT2D eigenvalue weighted by atomic mass is 9.87. The fourth-order valence-corrected chi connectivity index (χ4v) is 2.43. The molecule has 21 heavy (non-hydrogen) atoms. The van der Waals surface area contributed by atoms with Crippen molar-refractivity contribution in [1.29, 1.82) is 0 Å². The van der Waals surface area contributed by atoms with Gasteiger partial charge in [0, 0.05) is 11.6 Å². The minimum Gasteiger partial charge on any atom is -0.493 e. The standard InChI is InChI=1S/C17H29NO3/c1-17(2,3)11-10-13(18-4)12-8-9-14(19-5)16(21-7)15(12)20-6/h8-9,13,18H,10-11H2,1-7H3. The van der Waals surface area contributed by atoms with Crippen LogP contribution in [-0.4, -0.2) is 28.4 Å². The molecule has 0 saturated heterocycles. The Kier molecular flexibility index (Phi) is 6.34. The lowest BCUT2D eigenvalue weighted by Crippen LogP contribution is -2.20. The zero-order valence-electron chi connectivity index (χ0n) is 14.4. The summed E-state index contributed by atoms with van der Waals surface area (Å²) in [6, 6.07) is 4.20. The first-order valence-electron chi connectivity index (χ1n) is 7.34. The van der Waals surface area contributed by atoms with Gasteiger partial charge in [0.15, 0.2) is 11.5 Å². The van der Waals surface area contributed by atoms with E-state index in [-0.39, 0.29) is 6.04 Å². The SMILES string of the molecule is CNC(CCC(C)(C)C)c1ccc(OC)c(OC)c1OC. The van der Waals surface area contributed by atoms with E-state index >= 15 is 0 Å². The third kappa shape index (κ3) is 4.53. The van der Waals surface area contributed by atoms with E-state index < -0.39 is 0 Å². The molecule has 0 fully saturated rings. The van der Waals surface area contributed by atoms with Crippen LogP contribution in [0.4, 0.5) is 0 Å². The number of ether oxygens (including phenoxy) is 3. The molecule has 0 heterocycles. The predicted octanol–water partition coefficient (Wildman–Crippen LogP) is 3.80. The Labute approximate surface area is 128 Å². The van der Waals surface area contributed by atoms with Crippen LogP contribution < -0.4 is 19.5 Å². The summed E-state index contributed by atoms with van der Waals surface area (Å²) in [6.45, 7) is 6.77. The molecule has 0 aliphatic heterocycles. The van der Waals surface area contributed by atoms with Crippen molar-refractivity contribution >= 4 is 0 Å². The van der Waals surface area contributed by atoms with E-state index in [4.69, 9.17) is 14.2 Å². The number of rotatable bonds is 7. The minimum atomic E-state index is 0.221. The van der Waals surface area contributed by atoms with Crippen LogP contribution in [0.15, 0.2) is 12.1 Å². The van der Waals surface area contributed by atoms with Crippen molar-refractivity contribution in [3.8, 4) is 17.2 Å². The second-order valence-electron chi connectivity index (χ2n) is 6.36. The first kappa shape index (κ1) is 17.6. The van der Waals surface area contributed by atoms with Crippen molar-refractivity contribution in [1.82, 2.24) is 5.32 Å². The van der Waals surface area contributed by atoms with Crippen molar-refractivity contribution in [2.75, 3.05) is 28.4 Å². The Bertz CT molecular complexity index is 452. The second-order valence-corrected chi connectivity index (χ2v) is 6.36. The maximum Gasteiger partial charge on any atom is 0.203 e. The number of nitrogens with one attached hydrogen (secondary N) is 1. The monoisotopic (exact) mass is 295 g/mol. The molecule has 0 spiro atoms. The van der Waals surface area contributed by atoms with Crippen LogP contribution >= 0.6 is 0 Å². The van der Waals surface area contributed by atoms with E-state index in [2.05, 4.69) is 26.1 Å². The van der Waals surface area contributed by atoms with Gasteiger partial charge in [-0.05, 0) is 37.4 Å². The van der Waals surface area contributed by atoms with Crippen molar-refractivity contribution in [3.05, 3.63) is 17.7 Å². The van der Waals surface area contributed by atoms with E-state index in [9.17, 15) is 0 Å². The molecule has 1 rings (SSSR count). The molecule has 0 amide bonds. The first-order chi connectivity index (χ1) is 9.87. The topological polar surface area (TPSA) is 39.7 Å². The minimum absolute atomic E-state index is 0.221. The lowest BCUT2D eigenvalue weighted by molar-refractivity contribution is 0.311. The molecule has 120 valence electrons. The molecular formula is C17H29NO3. The molecule has 4 nitrogen and oxygen atoms in total. The summed E-state index contributed by atoms with van der Waals surface area (Å²) >= 11 is 0. The molecule has 4 heteroatoms. The Morgan fingerprint density at radius 2 is 1.62 bits per heavy atom. The Balaban J connectivity index is 3.14. The van der Waals surface area contributed by atoms with E-state index in [0.717, 1.165) is 24.2 Å². The highest BCUT2D eigenvalue weighted by atomic mass is 16.5. The van der Waals surface area contributed by atoms with Gasteiger partial charge in [-0.3, -0.25) is 0 Å². The summed E-state index contributed by atoms with van der Waals surface area (Å²) < 4.78 is 16.4. The smallest absolute Gasteiger partial charge is 0.203 e. The second kappa shape index (κ2) is 7.55. The van der Waals surface area contributed by atoms with Gasteiger partial charge in [-0.15, -0.1) is 0 Å². The van der Waals surface area contributed by atoms with Gasteiger partial charge in [-0.1, -0.05) is 20.8 Å². The Hall–Kier alpha value is -1.42. The average molecular weight is 295 g/mol. The van der Waals surface area contributed by atoms with Crippen LogP contribution in [0.3, 0.4) is 0 Å². The number of hydrogen-bond donors (Lipinski definition) is 1. The molecule has 0 aliphatic carbocycles. The zero-order chi connectivity index (χ0) is 16.0. The Morgan fingerprint density at radius 3 is 2.05 bits per heavy atom. The number of hydrogen-bond acceptors (Lipinski definition) is 4. The molecule has 0 bridgehead atoms. The summed E-state index contributed by atoms with van der Waals surface area (Å²) in [5.74, 6) is 2.07. The normalized spacial score (nSPS) is 12.9. The van der Waals surface area contributed by atoms with Crippen molar-refractivity contribution in [3.63, 3.8) is 0 Å². The van der Waals surface area contributed by atoms with Gasteiger partial charge in [0.1, 0.15) is 0 Å². The van der Waals surface area contributed by atoms with Crippen LogP contribution in [0, 0.1) is 5.41 Å². The molecule has 1 aromatic rings. The number of methoxy groups -OCH3 is 3. The highest BCUT2D eigenvalue weighted by Crippen LogP contribution is 2.43. The fraction of sp³-hybridized carbons (Fsp3) is 0.647. The molecule has 0 aliphatic rings. The molecule has 0 saturated carbocycles. The van der Waals surface area contributed by atoms with Gasteiger partial charge < -0.3 is 19.5 Å². The Morgan fingerprint density at radius 1 is 1.00 bits per heavy atom. The molecule has 1 atom stereocenters. The largest absolute Gasteiger partial charge is 0.493 e. The maximum atomic E-state index is 5.58. The lowest BCUT2D eigenvalue weighted by Gasteiger charge is -2.25. The predicted molar refractivity (Wildman–Crippen MR) is 86.6 cm³/mol. The average Bonchev–Trinajstić information content (AvgIpc) is 2.45. The van der Waals surface area contributed by atoms with Gasteiger partial charge in [-0.2, -0.15) is 0 Å². The molecule has 1 unspecified atom stereocenters.